The molecule has 1 aromatic carbocycles. The molecule has 0 bridgehead atoms. The number of carbonyl (C=O) groups excluding carboxylic acids is 4. The van der Waals surface area contributed by atoms with Crippen LogP contribution in [0.3, 0.4) is 0 Å². The van der Waals surface area contributed by atoms with E-state index in [9.17, 15) is 29.1 Å². The van der Waals surface area contributed by atoms with Crippen molar-refractivity contribution >= 4 is 29.6 Å². The summed E-state index contributed by atoms with van der Waals surface area (Å²) in [6.07, 6.45) is -0.0953. The van der Waals surface area contributed by atoms with Gasteiger partial charge in [0.15, 0.2) is 0 Å². The standard InChI is InChI=1S/C21H31N5O6/c1-12(2)8-14(22)19(29)24-11-18(28)25-15(9-13-6-4-3-5-7-13)20(30)26-16(21(31)32)10-17(23)27/h3-7,12,14-16H,8-11,22H2,1-2H3,(H2,23,27)(H,24,29)(H,25,28)(H,26,30)(H,31,32). The molecule has 0 radical (unpaired) electrons. The average molecular weight is 450 g/mol. The molecule has 0 aliphatic rings. The normalized spacial score (nSPS) is 13.5. The minimum Gasteiger partial charge on any atom is -0.480 e. The molecule has 3 unspecified atom stereocenters. The number of carboxylic acids is 1. The molecule has 0 saturated heterocycles. The summed E-state index contributed by atoms with van der Waals surface area (Å²) in [7, 11) is 0. The number of amides is 4. The Hall–Kier alpha value is -3.47. The maximum absolute atomic E-state index is 12.7. The fraction of sp³-hybridized carbons (Fsp3) is 0.476. The van der Waals surface area contributed by atoms with Crippen LogP contribution < -0.4 is 27.4 Å². The SMILES string of the molecule is CC(C)CC(N)C(=O)NCC(=O)NC(Cc1ccccc1)C(=O)NC(CC(N)=O)C(=O)O. The van der Waals surface area contributed by atoms with E-state index in [0.717, 1.165) is 0 Å². The first-order valence-corrected chi connectivity index (χ1v) is 10.2. The van der Waals surface area contributed by atoms with Crippen molar-refractivity contribution in [1.29, 1.82) is 0 Å². The Morgan fingerprint density at radius 1 is 0.969 bits per heavy atom. The van der Waals surface area contributed by atoms with E-state index < -0.39 is 60.7 Å². The zero-order valence-corrected chi connectivity index (χ0v) is 18.2. The van der Waals surface area contributed by atoms with Crippen LogP contribution in [0.5, 0.6) is 0 Å². The Labute approximate surface area is 186 Å². The lowest BCUT2D eigenvalue weighted by atomic mass is 10.0. The zero-order chi connectivity index (χ0) is 24.3. The average Bonchev–Trinajstić information content (AvgIpc) is 2.70. The predicted octanol–water partition coefficient (Wildman–Crippen LogP) is -1.35. The molecule has 3 atom stereocenters. The topological polar surface area (TPSA) is 194 Å². The molecule has 0 spiro atoms. The summed E-state index contributed by atoms with van der Waals surface area (Å²) in [6.45, 7) is 3.41. The summed E-state index contributed by atoms with van der Waals surface area (Å²) in [5, 5.41) is 16.3. The number of rotatable bonds is 13. The highest BCUT2D eigenvalue weighted by Gasteiger charge is 2.28. The number of carboxylic acid groups (broad SMARTS) is 1. The smallest absolute Gasteiger partial charge is 0.326 e. The molecular formula is C21H31N5O6. The van der Waals surface area contributed by atoms with Crippen molar-refractivity contribution in [2.45, 2.75) is 51.2 Å². The lowest BCUT2D eigenvalue weighted by Crippen LogP contribution is -2.55. The highest BCUT2D eigenvalue weighted by Crippen LogP contribution is 2.05. The van der Waals surface area contributed by atoms with Gasteiger partial charge >= 0.3 is 5.97 Å². The van der Waals surface area contributed by atoms with Gasteiger partial charge in [-0.3, -0.25) is 19.2 Å². The van der Waals surface area contributed by atoms with Crippen molar-refractivity contribution in [1.82, 2.24) is 16.0 Å². The summed E-state index contributed by atoms with van der Waals surface area (Å²) in [6, 6.07) is 5.28. The third-order valence-electron chi connectivity index (χ3n) is 4.44. The van der Waals surface area contributed by atoms with E-state index in [1.165, 1.54) is 0 Å². The van der Waals surface area contributed by atoms with Gasteiger partial charge in [-0.1, -0.05) is 44.2 Å². The molecule has 1 rings (SSSR count). The lowest BCUT2D eigenvalue weighted by molar-refractivity contribution is -0.143. The number of hydrogen-bond donors (Lipinski definition) is 6. The summed E-state index contributed by atoms with van der Waals surface area (Å²) >= 11 is 0. The number of aliphatic carboxylic acids is 1. The number of primary amides is 1. The molecule has 11 nitrogen and oxygen atoms in total. The second-order valence-corrected chi connectivity index (χ2v) is 7.83. The first-order valence-electron chi connectivity index (χ1n) is 10.2. The van der Waals surface area contributed by atoms with E-state index >= 15 is 0 Å². The van der Waals surface area contributed by atoms with E-state index in [4.69, 9.17) is 11.5 Å². The molecular weight excluding hydrogens is 418 g/mol. The fourth-order valence-corrected chi connectivity index (χ4v) is 2.89. The first kappa shape index (κ1) is 26.6. The minimum atomic E-state index is -1.54. The second-order valence-electron chi connectivity index (χ2n) is 7.83. The van der Waals surface area contributed by atoms with Crippen LogP contribution in [0.2, 0.25) is 0 Å². The van der Waals surface area contributed by atoms with Crippen molar-refractivity contribution in [3.63, 3.8) is 0 Å². The maximum atomic E-state index is 12.7. The minimum absolute atomic E-state index is 0.0577. The molecule has 8 N–H and O–H groups in total. The van der Waals surface area contributed by atoms with Gasteiger partial charge in [0.1, 0.15) is 12.1 Å². The van der Waals surface area contributed by atoms with Crippen LogP contribution in [0.15, 0.2) is 30.3 Å². The van der Waals surface area contributed by atoms with Crippen molar-refractivity contribution in [2.75, 3.05) is 6.54 Å². The Bertz CT molecular complexity index is 814. The molecule has 32 heavy (non-hydrogen) atoms. The van der Waals surface area contributed by atoms with Crippen LogP contribution in [-0.2, 0) is 30.4 Å². The molecule has 4 amide bonds. The third-order valence-corrected chi connectivity index (χ3v) is 4.44. The van der Waals surface area contributed by atoms with Crippen molar-refractivity contribution < 1.29 is 29.1 Å². The molecule has 1 aromatic rings. The van der Waals surface area contributed by atoms with Crippen molar-refractivity contribution in [3.05, 3.63) is 35.9 Å². The largest absolute Gasteiger partial charge is 0.480 e. The van der Waals surface area contributed by atoms with Gasteiger partial charge in [-0.25, -0.2) is 4.79 Å². The van der Waals surface area contributed by atoms with Crippen LogP contribution in [0.25, 0.3) is 0 Å². The van der Waals surface area contributed by atoms with Crippen LogP contribution in [0, 0.1) is 5.92 Å². The van der Waals surface area contributed by atoms with Gasteiger partial charge in [0.05, 0.1) is 19.0 Å². The molecule has 176 valence electrons. The van der Waals surface area contributed by atoms with Crippen LogP contribution in [0.1, 0.15) is 32.3 Å². The summed E-state index contributed by atoms with van der Waals surface area (Å²) in [5.74, 6) is -4.10. The Kier molecular flexibility index (Phi) is 10.8. The quantitative estimate of drug-likeness (QED) is 0.214. The van der Waals surface area contributed by atoms with E-state index in [0.29, 0.717) is 12.0 Å². The van der Waals surface area contributed by atoms with Gasteiger partial charge in [-0.15, -0.1) is 0 Å². The molecule has 0 fully saturated rings. The number of nitrogens with one attached hydrogen (secondary N) is 3. The van der Waals surface area contributed by atoms with Gasteiger partial charge in [-0.05, 0) is 17.9 Å². The summed E-state index contributed by atoms with van der Waals surface area (Å²) in [5.41, 5.74) is 11.5. The summed E-state index contributed by atoms with van der Waals surface area (Å²) < 4.78 is 0. The number of benzene rings is 1. The van der Waals surface area contributed by atoms with E-state index in [2.05, 4.69) is 16.0 Å². The first-order chi connectivity index (χ1) is 15.0. The number of hydrogen-bond acceptors (Lipinski definition) is 6. The van der Waals surface area contributed by atoms with Gasteiger partial charge in [0.25, 0.3) is 0 Å². The van der Waals surface area contributed by atoms with E-state index in [1.54, 1.807) is 30.3 Å². The van der Waals surface area contributed by atoms with Crippen LogP contribution in [-0.4, -0.2) is 59.4 Å². The number of nitrogens with two attached hydrogens (primary N) is 2. The molecule has 0 aliphatic carbocycles. The Morgan fingerprint density at radius 2 is 1.59 bits per heavy atom. The maximum Gasteiger partial charge on any atom is 0.326 e. The number of carbonyl (C=O) groups is 5. The highest BCUT2D eigenvalue weighted by atomic mass is 16.4. The van der Waals surface area contributed by atoms with Gasteiger partial charge < -0.3 is 32.5 Å². The molecule has 0 aromatic heterocycles. The van der Waals surface area contributed by atoms with Crippen LogP contribution >= 0.6 is 0 Å². The summed E-state index contributed by atoms with van der Waals surface area (Å²) in [4.78, 5) is 59.5. The monoisotopic (exact) mass is 449 g/mol. The van der Waals surface area contributed by atoms with Crippen LogP contribution in [0.4, 0.5) is 0 Å². The van der Waals surface area contributed by atoms with E-state index in [-0.39, 0.29) is 12.3 Å². The third kappa shape index (κ3) is 10.0. The van der Waals surface area contributed by atoms with Gasteiger partial charge in [0.2, 0.25) is 23.6 Å². The van der Waals surface area contributed by atoms with E-state index in [1.807, 2.05) is 13.8 Å². The fourth-order valence-electron chi connectivity index (χ4n) is 2.89. The van der Waals surface area contributed by atoms with Gasteiger partial charge in [-0.2, -0.15) is 0 Å². The van der Waals surface area contributed by atoms with Crippen molar-refractivity contribution in [2.24, 2.45) is 17.4 Å². The lowest BCUT2D eigenvalue weighted by Gasteiger charge is -2.21. The Morgan fingerprint density at radius 3 is 2.12 bits per heavy atom. The Balaban J connectivity index is 2.83. The van der Waals surface area contributed by atoms with Gasteiger partial charge in [0, 0.05) is 6.42 Å². The second kappa shape index (κ2) is 13.1. The predicted molar refractivity (Wildman–Crippen MR) is 116 cm³/mol. The highest BCUT2D eigenvalue weighted by molar-refractivity contribution is 5.93. The molecule has 0 aliphatic heterocycles. The molecule has 11 heteroatoms. The zero-order valence-electron chi connectivity index (χ0n) is 18.2. The molecule has 0 heterocycles. The molecule has 0 saturated carbocycles. The van der Waals surface area contributed by atoms with Crippen molar-refractivity contribution in [3.8, 4) is 0 Å².